The number of nitriles is 1. The van der Waals surface area contributed by atoms with E-state index in [0.717, 1.165) is 5.56 Å². The molecule has 33 heavy (non-hydrogen) atoms. The summed E-state index contributed by atoms with van der Waals surface area (Å²) in [4.78, 5) is 37.0. The van der Waals surface area contributed by atoms with Crippen LogP contribution >= 0.6 is 11.8 Å². The molecule has 9 heteroatoms. The van der Waals surface area contributed by atoms with Crippen LogP contribution in [0.15, 0.2) is 70.5 Å². The fraction of sp³-hybridized carbons (Fsp3) is 0.125. The molecule has 8 nitrogen and oxygen atoms in total. The van der Waals surface area contributed by atoms with E-state index in [2.05, 4.69) is 11.4 Å². The zero-order chi connectivity index (χ0) is 24.0. The number of aryl methyl sites for hydroxylation is 1. The Morgan fingerprint density at radius 2 is 1.73 bits per heavy atom. The molecule has 3 aromatic carbocycles. The fourth-order valence-electron chi connectivity index (χ4n) is 2.99. The van der Waals surface area contributed by atoms with E-state index in [9.17, 15) is 25.0 Å². The zero-order valence-corrected chi connectivity index (χ0v) is 18.6. The highest BCUT2D eigenvalue weighted by Crippen LogP contribution is 2.33. The molecule has 0 saturated heterocycles. The lowest BCUT2D eigenvalue weighted by Crippen LogP contribution is -2.22. The average Bonchev–Trinajstić information content (AvgIpc) is 2.81. The zero-order valence-electron chi connectivity index (χ0n) is 17.8. The number of anilines is 1. The number of nitrogens with one attached hydrogen (secondary N) is 1. The van der Waals surface area contributed by atoms with Gasteiger partial charge in [-0.25, -0.2) is 4.79 Å². The molecule has 0 spiro atoms. The Morgan fingerprint density at radius 3 is 2.42 bits per heavy atom. The molecule has 3 rings (SSSR count). The summed E-state index contributed by atoms with van der Waals surface area (Å²) < 4.78 is 5.17. The first-order valence-electron chi connectivity index (χ1n) is 9.79. The summed E-state index contributed by atoms with van der Waals surface area (Å²) in [7, 11) is 0. The Hall–Kier alpha value is -4.16. The molecule has 1 N–H and O–H groups in total. The molecule has 0 radical (unpaired) electrons. The van der Waals surface area contributed by atoms with Gasteiger partial charge >= 0.3 is 5.97 Å². The number of ether oxygens (including phenoxy) is 1. The van der Waals surface area contributed by atoms with Crippen LogP contribution in [-0.2, 0) is 9.53 Å². The molecule has 0 aliphatic rings. The quantitative estimate of drug-likeness (QED) is 0.297. The standard InChI is InChI=1S/C24H19N3O5S/c1-15-11-12-19(27(30)31)23(16(15)2)26-22(28)14-32-24(29)18-8-4-6-10-21(18)33-20-9-5-3-7-17(20)13-25/h3-12H,14H2,1-2H3,(H,26,28). The summed E-state index contributed by atoms with van der Waals surface area (Å²) in [5.41, 5.74) is 1.87. The van der Waals surface area contributed by atoms with Crippen molar-refractivity contribution in [3.63, 3.8) is 0 Å². The van der Waals surface area contributed by atoms with E-state index in [1.54, 1.807) is 68.4 Å². The second-order valence-corrected chi connectivity index (χ2v) is 8.07. The molecule has 0 aromatic heterocycles. The molecule has 3 aromatic rings. The number of hydrogen-bond donors (Lipinski definition) is 1. The first-order valence-corrected chi connectivity index (χ1v) is 10.6. The first kappa shape index (κ1) is 23.5. The van der Waals surface area contributed by atoms with Crippen molar-refractivity contribution in [3.05, 3.63) is 93.0 Å². The smallest absolute Gasteiger partial charge is 0.339 e. The number of nitro groups is 1. The maximum atomic E-state index is 12.7. The normalized spacial score (nSPS) is 10.2. The van der Waals surface area contributed by atoms with E-state index in [4.69, 9.17) is 4.74 Å². The van der Waals surface area contributed by atoms with Crippen LogP contribution in [0.1, 0.15) is 27.0 Å². The van der Waals surface area contributed by atoms with Gasteiger partial charge in [0, 0.05) is 15.9 Å². The van der Waals surface area contributed by atoms with Gasteiger partial charge in [0.15, 0.2) is 6.61 Å². The Bertz CT molecular complexity index is 1280. The van der Waals surface area contributed by atoms with E-state index in [-0.39, 0.29) is 16.9 Å². The van der Waals surface area contributed by atoms with E-state index in [0.29, 0.717) is 20.9 Å². The van der Waals surface area contributed by atoms with Crippen molar-refractivity contribution in [1.29, 1.82) is 5.26 Å². The van der Waals surface area contributed by atoms with E-state index in [1.165, 1.54) is 17.8 Å². The lowest BCUT2D eigenvalue weighted by molar-refractivity contribution is -0.384. The minimum absolute atomic E-state index is 0.0742. The fourth-order valence-corrected chi connectivity index (χ4v) is 4.00. The van der Waals surface area contributed by atoms with Gasteiger partial charge in [0.2, 0.25) is 0 Å². The Labute approximate surface area is 194 Å². The maximum absolute atomic E-state index is 12.7. The topological polar surface area (TPSA) is 122 Å². The van der Waals surface area contributed by atoms with Crippen LogP contribution in [0, 0.1) is 35.3 Å². The highest BCUT2D eigenvalue weighted by Gasteiger charge is 2.21. The van der Waals surface area contributed by atoms with Gasteiger partial charge in [0.1, 0.15) is 11.8 Å². The average molecular weight is 461 g/mol. The summed E-state index contributed by atoms with van der Waals surface area (Å²) in [5, 5.41) is 23.1. The largest absolute Gasteiger partial charge is 0.452 e. The number of nitro benzene ring substituents is 1. The highest BCUT2D eigenvalue weighted by molar-refractivity contribution is 7.99. The van der Waals surface area contributed by atoms with Gasteiger partial charge < -0.3 is 10.1 Å². The monoisotopic (exact) mass is 461 g/mol. The third kappa shape index (κ3) is 5.56. The van der Waals surface area contributed by atoms with Crippen molar-refractivity contribution < 1.29 is 19.2 Å². The third-order valence-corrected chi connectivity index (χ3v) is 6.00. The van der Waals surface area contributed by atoms with Gasteiger partial charge in [0.25, 0.3) is 11.6 Å². The molecule has 166 valence electrons. The molecular formula is C24H19N3O5S. The Morgan fingerprint density at radius 1 is 1.06 bits per heavy atom. The SMILES string of the molecule is Cc1ccc([N+](=O)[O-])c(NC(=O)COC(=O)c2ccccc2Sc2ccccc2C#N)c1C. The number of esters is 1. The highest BCUT2D eigenvalue weighted by atomic mass is 32.2. The van der Waals surface area contributed by atoms with E-state index in [1.807, 2.05) is 0 Å². The second-order valence-electron chi connectivity index (χ2n) is 6.99. The Kier molecular flexibility index (Phi) is 7.43. The molecule has 0 unspecified atom stereocenters. The van der Waals surface area contributed by atoms with Crippen molar-refractivity contribution >= 4 is 35.0 Å². The molecule has 0 fully saturated rings. The molecule has 0 heterocycles. The summed E-state index contributed by atoms with van der Waals surface area (Å²) in [6.45, 7) is 2.82. The van der Waals surface area contributed by atoms with Crippen molar-refractivity contribution in [3.8, 4) is 6.07 Å². The predicted molar refractivity (Wildman–Crippen MR) is 123 cm³/mol. The number of carbonyl (C=O) groups is 2. The van der Waals surface area contributed by atoms with Crippen LogP contribution < -0.4 is 5.32 Å². The first-order chi connectivity index (χ1) is 15.8. The summed E-state index contributed by atoms with van der Waals surface area (Å²) in [6, 6.07) is 18.7. The van der Waals surface area contributed by atoms with Gasteiger partial charge in [-0.3, -0.25) is 14.9 Å². The number of benzene rings is 3. The second kappa shape index (κ2) is 10.4. The van der Waals surface area contributed by atoms with Gasteiger partial charge in [-0.2, -0.15) is 5.26 Å². The molecule has 1 amide bonds. The number of amides is 1. The van der Waals surface area contributed by atoms with Crippen LogP contribution in [0.4, 0.5) is 11.4 Å². The van der Waals surface area contributed by atoms with Gasteiger partial charge in [-0.05, 0) is 49.2 Å². The number of carbonyl (C=O) groups excluding carboxylic acids is 2. The van der Waals surface area contributed by atoms with E-state index >= 15 is 0 Å². The van der Waals surface area contributed by atoms with Crippen molar-refractivity contribution in [2.24, 2.45) is 0 Å². The van der Waals surface area contributed by atoms with Gasteiger partial charge in [0.05, 0.1) is 16.1 Å². The van der Waals surface area contributed by atoms with Crippen molar-refractivity contribution in [2.45, 2.75) is 23.6 Å². The molecule has 0 bridgehead atoms. The molecular weight excluding hydrogens is 442 g/mol. The molecule has 0 aliphatic carbocycles. The molecule has 0 atom stereocenters. The molecule has 0 saturated carbocycles. The van der Waals surface area contributed by atoms with Crippen molar-refractivity contribution in [1.82, 2.24) is 0 Å². The van der Waals surface area contributed by atoms with Gasteiger partial charge in [-0.1, -0.05) is 42.1 Å². The van der Waals surface area contributed by atoms with Gasteiger partial charge in [-0.15, -0.1) is 0 Å². The van der Waals surface area contributed by atoms with Crippen LogP contribution in [0.5, 0.6) is 0 Å². The number of hydrogen-bond acceptors (Lipinski definition) is 7. The van der Waals surface area contributed by atoms with E-state index < -0.39 is 23.4 Å². The summed E-state index contributed by atoms with van der Waals surface area (Å²) in [6.07, 6.45) is 0. The van der Waals surface area contributed by atoms with Crippen LogP contribution in [0.2, 0.25) is 0 Å². The lowest BCUT2D eigenvalue weighted by Gasteiger charge is -2.12. The summed E-state index contributed by atoms with van der Waals surface area (Å²) >= 11 is 1.24. The van der Waals surface area contributed by atoms with Crippen LogP contribution in [-0.4, -0.2) is 23.4 Å². The van der Waals surface area contributed by atoms with Crippen LogP contribution in [0.25, 0.3) is 0 Å². The molecule has 0 aliphatic heterocycles. The lowest BCUT2D eigenvalue weighted by atomic mass is 10.1. The Balaban J connectivity index is 1.73. The predicted octanol–water partition coefficient (Wildman–Crippen LogP) is 5.03. The van der Waals surface area contributed by atoms with Crippen molar-refractivity contribution in [2.75, 3.05) is 11.9 Å². The summed E-state index contributed by atoms with van der Waals surface area (Å²) in [5.74, 6) is -1.42. The number of nitrogens with zero attached hydrogens (tertiary/aromatic N) is 2. The third-order valence-electron chi connectivity index (χ3n) is 4.84. The minimum atomic E-state index is -0.724. The van der Waals surface area contributed by atoms with Crippen LogP contribution in [0.3, 0.4) is 0 Å². The maximum Gasteiger partial charge on any atom is 0.339 e. The minimum Gasteiger partial charge on any atom is -0.452 e. The number of rotatable bonds is 7.